The maximum atomic E-state index is 6.74. The van der Waals surface area contributed by atoms with Gasteiger partial charge in [0.15, 0.2) is 0 Å². The molecule has 2 aliphatic carbocycles. The van der Waals surface area contributed by atoms with Crippen molar-refractivity contribution in [1.82, 2.24) is 0 Å². The maximum Gasteiger partial charge on any atom is 0.0670 e. The molecule has 0 spiro atoms. The summed E-state index contributed by atoms with van der Waals surface area (Å²) < 4.78 is 0. The first-order chi connectivity index (χ1) is 12.3. The first-order valence-corrected chi connectivity index (χ1v) is 12.3. The molecule has 0 unspecified atom stereocenters. The van der Waals surface area contributed by atoms with Gasteiger partial charge in [-0.1, -0.05) is 55.3 Å². The topological polar surface area (TPSA) is 0 Å². The van der Waals surface area contributed by atoms with Gasteiger partial charge in [0, 0.05) is 31.7 Å². The van der Waals surface area contributed by atoms with E-state index in [1.165, 1.54) is 62.5 Å². The summed E-state index contributed by atoms with van der Waals surface area (Å²) in [5.41, 5.74) is 6.48. The standard InChI is InChI=1S/C23H28ClP.Pd/c24-18-25(21-12-4-5-13-21,22-14-6-7-15-22)23-16-8-11-20(17-23)19-9-2-1-3-10-19;/h1-3,8-11,16-18,21-22H,4-7,12-15H2;. The Bertz CT molecular complexity index is 674. The van der Waals surface area contributed by atoms with Crippen molar-refractivity contribution in [3.63, 3.8) is 0 Å². The SMILES string of the molecule is Cl[CH-][P+](c1cccc(-c2ccccc2)c1)(C1CCCC1)C1CCCC1.[Pd]. The average Bonchev–Trinajstić information content (AvgIpc) is 3.39. The second-order valence-electron chi connectivity index (χ2n) is 7.73. The molecular formula is C23H28ClPPd. The molecule has 2 aromatic carbocycles. The van der Waals surface area contributed by atoms with Crippen LogP contribution < -0.4 is 5.30 Å². The Morgan fingerprint density at radius 3 is 1.81 bits per heavy atom. The molecular weight excluding hydrogens is 449 g/mol. The fourth-order valence-corrected chi connectivity index (χ4v) is 11.5. The molecule has 0 N–H and O–H groups in total. The Hall–Kier alpha value is -0.178. The molecule has 0 amide bonds. The van der Waals surface area contributed by atoms with Crippen LogP contribution in [-0.4, -0.2) is 11.3 Å². The average molecular weight is 477 g/mol. The molecule has 0 aliphatic heterocycles. The van der Waals surface area contributed by atoms with Crippen molar-refractivity contribution in [2.45, 2.75) is 62.7 Å². The van der Waals surface area contributed by atoms with Crippen LogP contribution in [0.3, 0.4) is 0 Å². The predicted octanol–water partition coefficient (Wildman–Crippen LogP) is 7.24. The quantitative estimate of drug-likeness (QED) is 0.242. The van der Waals surface area contributed by atoms with Gasteiger partial charge in [0.2, 0.25) is 0 Å². The van der Waals surface area contributed by atoms with E-state index >= 15 is 0 Å². The zero-order chi connectivity index (χ0) is 17.1. The molecule has 0 saturated heterocycles. The number of rotatable bonds is 5. The Kier molecular flexibility index (Phi) is 7.39. The van der Waals surface area contributed by atoms with E-state index in [0.29, 0.717) is 0 Å². The second kappa shape index (κ2) is 9.35. The third-order valence-electron chi connectivity index (χ3n) is 6.42. The van der Waals surface area contributed by atoms with Crippen LogP contribution in [0, 0.1) is 5.62 Å². The minimum absolute atomic E-state index is 0. The van der Waals surface area contributed by atoms with Gasteiger partial charge in [0.05, 0.1) is 5.30 Å². The Labute approximate surface area is 178 Å². The van der Waals surface area contributed by atoms with E-state index in [2.05, 4.69) is 60.2 Å². The number of hydrogen-bond donors (Lipinski definition) is 0. The van der Waals surface area contributed by atoms with Gasteiger partial charge in [-0.25, -0.2) is 0 Å². The summed E-state index contributed by atoms with van der Waals surface area (Å²) in [5, 5.41) is 1.56. The van der Waals surface area contributed by atoms with Crippen LogP contribution in [0.2, 0.25) is 0 Å². The van der Waals surface area contributed by atoms with Crippen LogP contribution >= 0.6 is 18.9 Å². The van der Waals surface area contributed by atoms with Gasteiger partial charge >= 0.3 is 0 Å². The molecule has 0 bridgehead atoms. The molecule has 4 rings (SSSR count). The summed E-state index contributed by atoms with van der Waals surface area (Å²) in [7, 11) is -1.43. The van der Waals surface area contributed by atoms with Crippen LogP contribution in [0.5, 0.6) is 0 Å². The second-order valence-corrected chi connectivity index (χ2v) is 12.2. The van der Waals surface area contributed by atoms with Crippen molar-refractivity contribution >= 4 is 24.2 Å². The van der Waals surface area contributed by atoms with Gasteiger partial charge in [-0.2, -0.15) is 0 Å². The number of halogens is 1. The third kappa shape index (κ3) is 3.84. The van der Waals surface area contributed by atoms with E-state index in [-0.39, 0.29) is 20.4 Å². The van der Waals surface area contributed by atoms with Crippen molar-refractivity contribution in [3.8, 4) is 11.1 Å². The van der Waals surface area contributed by atoms with Gasteiger partial charge in [-0.3, -0.25) is 0 Å². The normalized spacial score (nSPS) is 18.8. The van der Waals surface area contributed by atoms with Gasteiger partial charge in [-0.15, -0.1) is 0 Å². The summed E-state index contributed by atoms with van der Waals surface area (Å²) in [6.07, 6.45) is 11.1. The van der Waals surface area contributed by atoms with Crippen molar-refractivity contribution < 1.29 is 20.4 Å². The summed E-state index contributed by atoms with van der Waals surface area (Å²) in [5.74, 6) is 0. The summed E-state index contributed by atoms with van der Waals surface area (Å²) >= 11 is 6.74. The minimum Gasteiger partial charge on any atom is -0.304 e. The smallest absolute Gasteiger partial charge is 0.0670 e. The Morgan fingerprint density at radius 2 is 1.27 bits per heavy atom. The third-order valence-corrected chi connectivity index (χ3v) is 12.3. The van der Waals surface area contributed by atoms with Crippen molar-refractivity contribution in [2.24, 2.45) is 0 Å². The summed E-state index contributed by atoms with van der Waals surface area (Å²) in [6, 6.07) is 20.2. The molecule has 3 heteroatoms. The molecule has 0 radical (unpaired) electrons. The zero-order valence-corrected chi connectivity index (χ0v) is 18.4. The molecule has 2 fully saturated rings. The number of benzene rings is 2. The van der Waals surface area contributed by atoms with Crippen molar-refractivity contribution in [3.05, 3.63) is 60.2 Å². The minimum atomic E-state index is -1.43. The van der Waals surface area contributed by atoms with E-state index in [4.69, 9.17) is 11.6 Å². The monoisotopic (exact) mass is 476 g/mol. The van der Waals surface area contributed by atoms with Crippen molar-refractivity contribution in [1.29, 1.82) is 0 Å². The molecule has 142 valence electrons. The summed E-state index contributed by atoms with van der Waals surface area (Å²) in [6.45, 7) is 0. The predicted molar refractivity (Wildman–Crippen MR) is 113 cm³/mol. The molecule has 0 nitrogen and oxygen atoms in total. The van der Waals surface area contributed by atoms with E-state index in [0.717, 1.165) is 11.3 Å². The van der Waals surface area contributed by atoms with E-state index in [9.17, 15) is 0 Å². The molecule has 2 saturated carbocycles. The number of hydrogen-bond acceptors (Lipinski definition) is 0. The van der Waals surface area contributed by atoms with Gasteiger partial charge in [0.1, 0.15) is 0 Å². The molecule has 2 aromatic rings. The van der Waals surface area contributed by atoms with E-state index < -0.39 is 7.26 Å². The molecule has 0 aromatic heterocycles. The Morgan fingerprint density at radius 1 is 0.731 bits per heavy atom. The first kappa shape index (κ1) is 20.6. The maximum absolute atomic E-state index is 6.74. The van der Waals surface area contributed by atoms with Crippen LogP contribution in [-0.2, 0) is 20.4 Å². The van der Waals surface area contributed by atoms with Crippen LogP contribution in [0.1, 0.15) is 51.4 Å². The zero-order valence-electron chi connectivity index (χ0n) is 15.2. The molecule has 26 heavy (non-hydrogen) atoms. The van der Waals surface area contributed by atoms with Crippen LogP contribution in [0.4, 0.5) is 0 Å². The fourth-order valence-electron chi connectivity index (χ4n) is 5.16. The van der Waals surface area contributed by atoms with Crippen molar-refractivity contribution in [2.75, 3.05) is 0 Å². The van der Waals surface area contributed by atoms with Gasteiger partial charge < -0.3 is 11.6 Å². The first-order valence-electron chi connectivity index (χ1n) is 9.83. The van der Waals surface area contributed by atoms with Crippen LogP contribution in [0.15, 0.2) is 54.6 Å². The van der Waals surface area contributed by atoms with E-state index in [1.54, 1.807) is 5.30 Å². The molecule has 2 aliphatic rings. The Balaban J connectivity index is 0.00000196. The fraction of sp³-hybridized carbons (Fsp3) is 0.435. The molecule has 0 atom stereocenters. The largest absolute Gasteiger partial charge is 0.304 e. The summed E-state index contributed by atoms with van der Waals surface area (Å²) in [4.78, 5) is 0. The van der Waals surface area contributed by atoms with E-state index in [1.807, 2.05) is 0 Å². The van der Waals surface area contributed by atoms with Gasteiger partial charge in [-0.05, 0) is 74.6 Å². The van der Waals surface area contributed by atoms with Gasteiger partial charge in [0.25, 0.3) is 0 Å². The van der Waals surface area contributed by atoms with Crippen LogP contribution in [0.25, 0.3) is 11.1 Å². The molecule has 0 heterocycles.